The standard InChI is InChI=1S/C6H10O2S/c1-4-8-6(7)5(2)9-3/h2,4H2,1,3H3. The third-order valence-corrected chi connectivity index (χ3v) is 1.41. The Morgan fingerprint density at radius 2 is 2.33 bits per heavy atom. The molecular weight excluding hydrogens is 136 g/mol. The molecule has 0 fully saturated rings. The summed E-state index contributed by atoms with van der Waals surface area (Å²) in [5.74, 6) is -0.315. The second-order valence-corrected chi connectivity index (χ2v) is 2.25. The highest BCUT2D eigenvalue weighted by Crippen LogP contribution is 2.09. The van der Waals surface area contributed by atoms with Crippen molar-refractivity contribution >= 4 is 17.7 Å². The Kier molecular flexibility index (Phi) is 4.22. The van der Waals surface area contributed by atoms with E-state index >= 15 is 0 Å². The fourth-order valence-corrected chi connectivity index (χ4v) is 0.521. The van der Waals surface area contributed by atoms with E-state index in [1.807, 2.05) is 0 Å². The van der Waals surface area contributed by atoms with Gasteiger partial charge in [-0.3, -0.25) is 0 Å². The van der Waals surface area contributed by atoms with Gasteiger partial charge in [-0.25, -0.2) is 4.79 Å². The minimum atomic E-state index is -0.315. The minimum Gasteiger partial charge on any atom is -0.462 e. The molecule has 0 aliphatic heterocycles. The van der Waals surface area contributed by atoms with Gasteiger partial charge >= 0.3 is 5.97 Å². The molecular formula is C6H10O2S. The van der Waals surface area contributed by atoms with Crippen LogP contribution in [0.15, 0.2) is 11.5 Å². The summed E-state index contributed by atoms with van der Waals surface area (Å²) < 4.78 is 4.64. The summed E-state index contributed by atoms with van der Waals surface area (Å²) in [4.78, 5) is 11.1. The predicted octanol–water partition coefficient (Wildman–Crippen LogP) is 1.43. The van der Waals surface area contributed by atoms with Gasteiger partial charge in [-0.15, -0.1) is 11.8 Å². The van der Waals surface area contributed by atoms with Crippen molar-refractivity contribution in [2.45, 2.75) is 6.92 Å². The van der Waals surface area contributed by atoms with Crippen LogP contribution in [0.25, 0.3) is 0 Å². The second kappa shape index (κ2) is 4.44. The highest BCUT2D eigenvalue weighted by Gasteiger charge is 2.03. The van der Waals surface area contributed by atoms with E-state index in [1.165, 1.54) is 11.8 Å². The molecule has 0 radical (unpaired) electrons. The smallest absolute Gasteiger partial charge is 0.343 e. The van der Waals surface area contributed by atoms with Crippen LogP contribution in [0.4, 0.5) is 0 Å². The number of hydrogen-bond donors (Lipinski definition) is 0. The van der Waals surface area contributed by atoms with Crippen molar-refractivity contribution < 1.29 is 9.53 Å². The molecule has 0 atom stereocenters. The molecule has 0 aliphatic rings. The van der Waals surface area contributed by atoms with Crippen molar-refractivity contribution in [3.05, 3.63) is 11.5 Å². The first kappa shape index (κ1) is 8.56. The summed E-state index contributed by atoms with van der Waals surface area (Å²) in [6.07, 6.45) is 1.79. The first-order chi connectivity index (χ1) is 4.22. The van der Waals surface area contributed by atoms with Crippen LogP contribution in [0, 0.1) is 0 Å². The first-order valence-corrected chi connectivity index (χ1v) is 3.84. The van der Waals surface area contributed by atoms with E-state index in [0.29, 0.717) is 11.5 Å². The fourth-order valence-electron chi connectivity index (χ4n) is 0.295. The Hall–Kier alpha value is -0.440. The number of carbonyl (C=O) groups excluding carboxylic acids is 1. The number of carbonyl (C=O) groups is 1. The number of rotatable bonds is 3. The van der Waals surface area contributed by atoms with Gasteiger partial charge in [0.2, 0.25) is 0 Å². The van der Waals surface area contributed by atoms with Crippen LogP contribution in [0.3, 0.4) is 0 Å². The van der Waals surface area contributed by atoms with Gasteiger partial charge in [0.25, 0.3) is 0 Å². The van der Waals surface area contributed by atoms with Gasteiger partial charge in [0.15, 0.2) is 0 Å². The Balaban J connectivity index is 3.60. The van der Waals surface area contributed by atoms with Crippen LogP contribution in [-0.2, 0) is 9.53 Å². The Morgan fingerprint density at radius 3 is 2.67 bits per heavy atom. The molecule has 3 heteroatoms. The average molecular weight is 146 g/mol. The summed E-state index contributed by atoms with van der Waals surface area (Å²) >= 11 is 1.30. The van der Waals surface area contributed by atoms with Crippen molar-refractivity contribution in [2.24, 2.45) is 0 Å². The number of esters is 1. The maximum Gasteiger partial charge on any atom is 0.343 e. The third-order valence-electron chi connectivity index (χ3n) is 0.750. The molecule has 0 saturated heterocycles. The van der Waals surface area contributed by atoms with E-state index < -0.39 is 0 Å². The maximum absolute atomic E-state index is 10.6. The van der Waals surface area contributed by atoms with Crippen molar-refractivity contribution in [3.8, 4) is 0 Å². The van der Waals surface area contributed by atoms with Gasteiger partial charge in [-0.2, -0.15) is 0 Å². The predicted molar refractivity (Wildman–Crippen MR) is 39.3 cm³/mol. The van der Waals surface area contributed by atoms with Gasteiger partial charge in [0.05, 0.1) is 11.5 Å². The Labute approximate surface area is 59.3 Å². The molecule has 0 unspecified atom stereocenters. The van der Waals surface area contributed by atoms with Gasteiger partial charge in [-0.05, 0) is 13.2 Å². The lowest BCUT2D eigenvalue weighted by Gasteiger charge is -1.99. The summed E-state index contributed by atoms with van der Waals surface area (Å²) in [5, 5.41) is 0. The van der Waals surface area contributed by atoms with Crippen LogP contribution in [0.2, 0.25) is 0 Å². The lowest BCUT2D eigenvalue weighted by Crippen LogP contribution is -2.03. The Bertz CT molecular complexity index is 120. The van der Waals surface area contributed by atoms with E-state index in [2.05, 4.69) is 11.3 Å². The van der Waals surface area contributed by atoms with Gasteiger partial charge in [0, 0.05) is 0 Å². The molecule has 0 heterocycles. The van der Waals surface area contributed by atoms with Crippen LogP contribution >= 0.6 is 11.8 Å². The van der Waals surface area contributed by atoms with Crippen molar-refractivity contribution in [2.75, 3.05) is 12.9 Å². The van der Waals surface area contributed by atoms with E-state index in [-0.39, 0.29) is 5.97 Å². The van der Waals surface area contributed by atoms with Crippen LogP contribution in [0.5, 0.6) is 0 Å². The van der Waals surface area contributed by atoms with Crippen molar-refractivity contribution in [1.82, 2.24) is 0 Å². The average Bonchev–Trinajstić information content (AvgIpc) is 1.87. The molecule has 0 aromatic carbocycles. The molecule has 0 saturated carbocycles. The van der Waals surface area contributed by atoms with Crippen LogP contribution in [-0.4, -0.2) is 18.8 Å². The number of thioether (sulfide) groups is 1. The monoisotopic (exact) mass is 146 g/mol. The SMILES string of the molecule is C=C(SC)C(=O)OCC. The zero-order valence-corrected chi connectivity index (χ0v) is 6.46. The zero-order valence-electron chi connectivity index (χ0n) is 5.64. The molecule has 0 rings (SSSR count). The zero-order chi connectivity index (χ0) is 7.28. The summed E-state index contributed by atoms with van der Waals surface area (Å²) in [5.41, 5.74) is 0. The molecule has 0 aromatic rings. The molecule has 2 nitrogen and oxygen atoms in total. The molecule has 9 heavy (non-hydrogen) atoms. The van der Waals surface area contributed by atoms with Crippen molar-refractivity contribution in [1.29, 1.82) is 0 Å². The van der Waals surface area contributed by atoms with Gasteiger partial charge < -0.3 is 4.74 Å². The number of ether oxygens (including phenoxy) is 1. The van der Waals surface area contributed by atoms with E-state index in [4.69, 9.17) is 0 Å². The first-order valence-electron chi connectivity index (χ1n) is 2.62. The van der Waals surface area contributed by atoms with E-state index in [0.717, 1.165) is 0 Å². The molecule has 0 aliphatic carbocycles. The lowest BCUT2D eigenvalue weighted by atomic mass is 10.6. The van der Waals surface area contributed by atoms with E-state index in [9.17, 15) is 4.79 Å². The second-order valence-electron chi connectivity index (χ2n) is 1.35. The molecule has 0 spiro atoms. The van der Waals surface area contributed by atoms with Crippen molar-refractivity contribution in [3.63, 3.8) is 0 Å². The summed E-state index contributed by atoms with van der Waals surface area (Å²) in [6, 6.07) is 0. The largest absolute Gasteiger partial charge is 0.462 e. The molecule has 52 valence electrons. The Morgan fingerprint density at radius 1 is 1.78 bits per heavy atom. The topological polar surface area (TPSA) is 26.3 Å². The molecule has 0 amide bonds. The number of hydrogen-bond acceptors (Lipinski definition) is 3. The molecule has 0 bridgehead atoms. The van der Waals surface area contributed by atoms with Gasteiger partial charge in [-0.1, -0.05) is 6.58 Å². The summed E-state index contributed by atoms with van der Waals surface area (Å²) in [6.45, 7) is 5.66. The highest BCUT2D eigenvalue weighted by molar-refractivity contribution is 8.03. The van der Waals surface area contributed by atoms with Gasteiger partial charge in [0.1, 0.15) is 0 Å². The fraction of sp³-hybridized carbons (Fsp3) is 0.500. The third kappa shape index (κ3) is 3.19. The quantitative estimate of drug-likeness (QED) is 0.445. The van der Waals surface area contributed by atoms with Crippen LogP contribution < -0.4 is 0 Å². The normalized spacial score (nSPS) is 8.67. The highest BCUT2D eigenvalue weighted by atomic mass is 32.2. The lowest BCUT2D eigenvalue weighted by molar-refractivity contribution is -0.137. The molecule has 0 aromatic heterocycles. The van der Waals surface area contributed by atoms with Crippen LogP contribution in [0.1, 0.15) is 6.92 Å². The molecule has 0 N–H and O–H groups in total. The summed E-state index contributed by atoms with van der Waals surface area (Å²) in [7, 11) is 0. The maximum atomic E-state index is 10.6. The minimum absolute atomic E-state index is 0.315. The van der Waals surface area contributed by atoms with E-state index in [1.54, 1.807) is 13.2 Å².